The van der Waals surface area contributed by atoms with E-state index in [1.807, 2.05) is 36.4 Å². The fraction of sp³-hybridized carbons (Fsp3) is 0.192. The lowest BCUT2D eigenvalue weighted by Gasteiger charge is -2.14. The summed E-state index contributed by atoms with van der Waals surface area (Å²) in [6.07, 6.45) is 0.510. The Morgan fingerprint density at radius 1 is 0.867 bits per heavy atom. The zero-order valence-electron chi connectivity index (χ0n) is 17.1. The Kier molecular flexibility index (Phi) is 7.41. The maximum Gasteiger partial charge on any atom is 0.333 e. The highest BCUT2D eigenvalue weighted by molar-refractivity contribution is 5.86. The van der Waals surface area contributed by atoms with Gasteiger partial charge in [-0.2, -0.15) is 0 Å². The van der Waals surface area contributed by atoms with Gasteiger partial charge in [0.15, 0.2) is 0 Å². The molecule has 0 atom stereocenters. The SMILES string of the molecule is C=C(C)C(=O)OCCc1cc(-c2ccc(-c3ccccc3)cc2)ccc1OCCO. The molecule has 0 spiro atoms. The van der Waals surface area contributed by atoms with Gasteiger partial charge in [-0.15, -0.1) is 0 Å². The lowest BCUT2D eigenvalue weighted by Crippen LogP contribution is -2.10. The normalized spacial score (nSPS) is 10.5. The molecule has 3 aromatic rings. The number of carbonyl (C=O) groups is 1. The van der Waals surface area contributed by atoms with Crippen LogP contribution < -0.4 is 4.74 Å². The average Bonchev–Trinajstić information content (AvgIpc) is 2.78. The van der Waals surface area contributed by atoms with Crippen LogP contribution in [0.1, 0.15) is 12.5 Å². The van der Waals surface area contributed by atoms with Gasteiger partial charge in [0.2, 0.25) is 0 Å². The molecule has 4 heteroatoms. The Morgan fingerprint density at radius 3 is 2.10 bits per heavy atom. The van der Waals surface area contributed by atoms with Crippen LogP contribution in [0.3, 0.4) is 0 Å². The fourth-order valence-corrected chi connectivity index (χ4v) is 3.11. The molecule has 0 saturated carbocycles. The number of aliphatic hydroxyl groups is 1. The quantitative estimate of drug-likeness (QED) is 0.402. The van der Waals surface area contributed by atoms with Gasteiger partial charge in [0, 0.05) is 12.0 Å². The largest absolute Gasteiger partial charge is 0.491 e. The monoisotopic (exact) mass is 402 g/mol. The first-order valence-electron chi connectivity index (χ1n) is 9.93. The third-order valence-electron chi connectivity index (χ3n) is 4.69. The molecule has 0 amide bonds. The van der Waals surface area contributed by atoms with E-state index in [4.69, 9.17) is 14.6 Å². The number of hydrogen-bond acceptors (Lipinski definition) is 4. The third-order valence-corrected chi connectivity index (χ3v) is 4.69. The molecule has 0 aliphatic carbocycles. The van der Waals surface area contributed by atoms with Gasteiger partial charge in [-0.1, -0.05) is 67.2 Å². The average molecular weight is 402 g/mol. The maximum absolute atomic E-state index is 11.6. The summed E-state index contributed by atoms with van der Waals surface area (Å²) < 4.78 is 10.9. The number of aliphatic hydroxyl groups excluding tert-OH is 1. The Hall–Kier alpha value is -3.37. The Bertz CT molecular complexity index is 991. The van der Waals surface area contributed by atoms with Crippen LogP contribution in [-0.4, -0.2) is 30.9 Å². The molecule has 154 valence electrons. The Morgan fingerprint density at radius 2 is 1.47 bits per heavy atom. The van der Waals surface area contributed by atoms with Crippen molar-refractivity contribution in [3.8, 4) is 28.0 Å². The minimum atomic E-state index is -0.402. The molecule has 4 nitrogen and oxygen atoms in total. The number of ether oxygens (including phenoxy) is 2. The number of esters is 1. The second-order valence-electron chi connectivity index (χ2n) is 7.00. The molecule has 0 heterocycles. The smallest absolute Gasteiger partial charge is 0.333 e. The van der Waals surface area contributed by atoms with E-state index in [1.54, 1.807) is 6.92 Å². The summed E-state index contributed by atoms with van der Waals surface area (Å²) in [5.41, 5.74) is 5.77. The second kappa shape index (κ2) is 10.4. The van der Waals surface area contributed by atoms with Gasteiger partial charge in [-0.25, -0.2) is 4.79 Å². The van der Waals surface area contributed by atoms with Gasteiger partial charge >= 0.3 is 5.97 Å². The molecular weight excluding hydrogens is 376 g/mol. The van der Waals surface area contributed by atoms with Crippen molar-refractivity contribution >= 4 is 5.97 Å². The van der Waals surface area contributed by atoms with E-state index in [-0.39, 0.29) is 19.8 Å². The first kappa shape index (κ1) is 21.3. The van der Waals surface area contributed by atoms with E-state index in [2.05, 4.69) is 43.0 Å². The summed E-state index contributed by atoms with van der Waals surface area (Å²) in [7, 11) is 0. The molecule has 1 N–H and O–H groups in total. The number of carbonyl (C=O) groups excluding carboxylic acids is 1. The predicted molar refractivity (Wildman–Crippen MR) is 119 cm³/mol. The Labute approximate surface area is 177 Å². The molecular formula is C26H26O4. The van der Waals surface area contributed by atoms with E-state index in [1.165, 1.54) is 5.56 Å². The zero-order chi connectivity index (χ0) is 21.3. The van der Waals surface area contributed by atoms with E-state index >= 15 is 0 Å². The molecule has 0 bridgehead atoms. The van der Waals surface area contributed by atoms with E-state index in [0.717, 1.165) is 22.3 Å². The standard InChI is InChI=1S/C26H26O4/c1-19(2)26(28)30-16-14-24-18-23(12-13-25(24)29-17-15-27)22-10-8-21(9-11-22)20-6-4-3-5-7-20/h3-13,18,27H,1,14-17H2,2H3. The van der Waals surface area contributed by atoms with Gasteiger partial charge < -0.3 is 14.6 Å². The minimum Gasteiger partial charge on any atom is -0.491 e. The lowest BCUT2D eigenvalue weighted by molar-refractivity contribution is -0.138. The highest BCUT2D eigenvalue weighted by Gasteiger charge is 2.10. The second-order valence-corrected chi connectivity index (χ2v) is 7.00. The first-order chi connectivity index (χ1) is 14.6. The zero-order valence-corrected chi connectivity index (χ0v) is 17.1. The van der Waals surface area contributed by atoms with Crippen molar-refractivity contribution in [3.63, 3.8) is 0 Å². The van der Waals surface area contributed by atoms with Gasteiger partial charge in [0.05, 0.1) is 13.2 Å². The summed E-state index contributed by atoms with van der Waals surface area (Å²) >= 11 is 0. The van der Waals surface area contributed by atoms with Crippen molar-refractivity contribution in [2.45, 2.75) is 13.3 Å². The van der Waals surface area contributed by atoms with Crippen molar-refractivity contribution in [3.05, 3.63) is 90.5 Å². The van der Waals surface area contributed by atoms with Gasteiger partial charge in [-0.3, -0.25) is 0 Å². The molecule has 30 heavy (non-hydrogen) atoms. The van der Waals surface area contributed by atoms with Crippen LogP contribution in [0.2, 0.25) is 0 Å². The van der Waals surface area contributed by atoms with E-state index < -0.39 is 5.97 Å². The van der Waals surface area contributed by atoms with Crippen LogP contribution in [0.25, 0.3) is 22.3 Å². The minimum absolute atomic E-state index is 0.0627. The molecule has 0 aliphatic heterocycles. The summed E-state index contributed by atoms with van der Waals surface area (Å²) in [6.45, 7) is 5.60. The first-order valence-corrected chi connectivity index (χ1v) is 9.93. The van der Waals surface area contributed by atoms with E-state index in [9.17, 15) is 4.79 Å². The summed E-state index contributed by atoms with van der Waals surface area (Å²) in [5, 5.41) is 9.08. The summed E-state index contributed by atoms with van der Waals surface area (Å²) in [6, 6.07) is 24.6. The molecule has 0 unspecified atom stereocenters. The van der Waals surface area contributed by atoms with Crippen LogP contribution in [0, 0.1) is 0 Å². The van der Waals surface area contributed by atoms with Crippen LogP contribution in [-0.2, 0) is 16.0 Å². The number of benzene rings is 3. The molecule has 0 radical (unpaired) electrons. The lowest BCUT2D eigenvalue weighted by atomic mass is 9.98. The molecule has 3 aromatic carbocycles. The van der Waals surface area contributed by atoms with Crippen LogP contribution >= 0.6 is 0 Å². The van der Waals surface area contributed by atoms with Crippen molar-refractivity contribution in [1.82, 2.24) is 0 Å². The van der Waals surface area contributed by atoms with Crippen molar-refractivity contribution in [2.24, 2.45) is 0 Å². The third kappa shape index (κ3) is 5.58. The van der Waals surface area contributed by atoms with Crippen LogP contribution in [0.5, 0.6) is 5.75 Å². The fourth-order valence-electron chi connectivity index (χ4n) is 3.11. The number of hydrogen-bond donors (Lipinski definition) is 1. The predicted octanol–water partition coefficient (Wildman–Crippen LogP) is 5.05. The topological polar surface area (TPSA) is 55.8 Å². The van der Waals surface area contributed by atoms with Crippen LogP contribution in [0.15, 0.2) is 84.9 Å². The molecule has 3 rings (SSSR count). The summed E-state index contributed by atoms with van der Waals surface area (Å²) in [5.74, 6) is 0.278. The molecule has 0 fully saturated rings. The summed E-state index contributed by atoms with van der Waals surface area (Å²) in [4.78, 5) is 11.6. The van der Waals surface area contributed by atoms with Crippen molar-refractivity contribution in [2.75, 3.05) is 19.8 Å². The van der Waals surface area contributed by atoms with Gasteiger partial charge in [0.1, 0.15) is 12.4 Å². The highest BCUT2D eigenvalue weighted by Crippen LogP contribution is 2.29. The number of rotatable bonds is 9. The van der Waals surface area contributed by atoms with Crippen molar-refractivity contribution in [1.29, 1.82) is 0 Å². The molecule has 0 aromatic heterocycles. The van der Waals surface area contributed by atoms with Crippen molar-refractivity contribution < 1.29 is 19.4 Å². The molecule has 0 saturated heterocycles. The van der Waals surface area contributed by atoms with Gasteiger partial charge in [0.25, 0.3) is 0 Å². The molecule has 0 aliphatic rings. The Balaban J connectivity index is 1.80. The van der Waals surface area contributed by atoms with E-state index in [0.29, 0.717) is 17.7 Å². The van der Waals surface area contributed by atoms with Crippen LogP contribution in [0.4, 0.5) is 0 Å². The highest BCUT2D eigenvalue weighted by atomic mass is 16.5. The van der Waals surface area contributed by atoms with Gasteiger partial charge in [-0.05, 0) is 46.9 Å². The maximum atomic E-state index is 11.6.